The van der Waals surface area contributed by atoms with Crippen LogP contribution in [0.1, 0.15) is 0 Å². The Morgan fingerprint density at radius 3 is 1.81 bits per heavy atom. The van der Waals surface area contributed by atoms with Crippen LogP contribution in [-0.4, -0.2) is 8.42 Å². The summed E-state index contributed by atoms with van der Waals surface area (Å²) in [6.45, 7) is 0. The lowest BCUT2D eigenvalue weighted by atomic mass is 10.3. The van der Waals surface area contributed by atoms with Crippen LogP contribution < -0.4 is 10.5 Å². The summed E-state index contributed by atoms with van der Waals surface area (Å²) in [5, 5.41) is 0.408. The maximum Gasteiger partial charge on any atom is 0.264 e. The maximum absolute atomic E-state index is 12.4. The zero-order valence-electron chi connectivity index (χ0n) is 10.2. The number of halogens is 4. The third kappa shape index (κ3) is 3.87. The highest BCUT2D eigenvalue weighted by atomic mass is 35.5. The molecule has 0 aromatic heterocycles. The lowest BCUT2D eigenvalue weighted by molar-refractivity contribution is 0.601. The molecule has 0 aliphatic rings. The Hall–Kier alpha value is -0.850. The highest BCUT2D eigenvalue weighted by Gasteiger charge is 2.22. The molecule has 0 radical (unpaired) electrons. The van der Waals surface area contributed by atoms with E-state index < -0.39 is 10.0 Å². The van der Waals surface area contributed by atoms with E-state index in [1.165, 1.54) is 30.3 Å². The van der Waals surface area contributed by atoms with Crippen molar-refractivity contribution in [2.24, 2.45) is 0 Å². The second-order valence-electron chi connectivity index (χ2n) is 4.08. The van der Waals surface area contributed by atoms with Crippen molar-refractivity contribution in [2.75, 3.05) is 10.5 Å². The number of sulfonamides is 1. The molecule has 0 spiro atoms. The van der Waals surface area contributed by atoms with Crippen molar-refractivity contribution in [3.8, 4) is 0 Å². The third-order valence-corrected chi connectivity index (χ3v) is 5.14. The first-order valence-electron chi connectivity index (χ1n) is 5.42. The zero-order valence-corrected chi connectivity index (χ0v) is 14.0. The molecule has 0 heterocycles. The SMILES string of the molecule is Nc1cc(Cl)c(S(=O)(=O)Nc2cc(Cl)cc(Cl)c2)c(Cl)c1. The van der Waals surface area contributed by atoms with Gasteiger partial charge in [0.2, 0.25) is 0 Å². The van der Waals surface area contributed by atoms with E-state index in [1.54, 1.807) is 0 Å². The number of anilines is 2. The first-order chi connectivity index (χ1) is 9.69. The first kappa shape index (κ1) is 16.5. The second-order valence-corrected chi connectivity index (χ2v) is 7.38. The molecular weight excluding hydrogens is 378 g/mol. The van der Waals surface area contributed by atoms with Gasteiger partial charge in [0.1, 0.15) is 4.90 Å². The Bertz CT molecular complexity index is 766. The molecule has 3 N–H and O–H groups in total. The average Bonchev–Trinajstić information content (AvgIpc) is 2.23. The van der Waals surface area contributed by atoms with Crippen molar-refractivity contribution >= 4 is 67.8 Å². The monoisotopic (exact) mass is 384 g/mol. The van der Waals surface area contributed by atoms with Crippen LogP contribution in [0.3, 0.4) is 0 Å². The largest absolute Gasteiger partial charge is 0.399 e. The van der Waals surface area contributed by atoms with Crippen molar-refractivity contribution in [1.82, 2.24) is 0 Å². The molecule has 9 heteroatoms. The van der Waals surface area contributed by atoms with Crippen LogP contribution in [0, 0.1) is 0 Å². The Kier molecular flexibility index (Phi) is 4.80. The van der Waals surface area contributed by atoms with E-state index in [9.17, 15) is 8.42 Å². The van der Waals surface area contributed by atoms with Gasteiger partial charge in [0, 0.05) is 15.7 Å². The summed E-state index contributed by atoms with van der Waals surface area (Å²) in [5.41, 5.74) is 6.00. The highest BCUT2D eigenvalue weighted by molar-refractivity contribution is 7.93. The molecular formula is C12H8Cl4N2O2S. The molecule has 0 saturated carbocycles. The summed E-state index contributed by atoms with van der Waals surface area (Å²) in [4.78, 5) is -0.267. The normalized spacial score (nSPS) is 11.4. The number of rotatable bonds is 3. The molecule has 0 aliphatic carbocycles. The molecule has 112 valence electrons. The van der Waals surface area contributed by atoms with Crippen LogP contribution >= 0.6 is 46.4 Å². The lowest BCUT2D eigenvalue weighted by Gasteiger charge is -2.12. The molecule has 0 fully saturated rings. The fraction of sp³-hybridized carbons (Fsp3) is 0. The standard InChI is InChI=1S/C12H8Cl4N2O2S/c13-6-1-7(14)3-9(2-6)18-21(19,20)12-10(15)4-8(17)5-11(12)16/h1-5,18H,17H2. The molecule has 0 saturated heterocycles. The smallest absolute Gasteiger partial charge is 0.264 e. The van der Waals surface area contributed by atoms with Gasteiger partial charge in [-0.15, -0.1) is 0 Å². The summed E-state index contributed by atoms with van der Waals surface area (Å²) >= 11 is 23.5. The predicted molar refractivity (Wildman–Crippen MR) is 88.1 cm³/mol. The Morgan fingerprint density at radius 2 is 1.33 bits per heavy atom. The van der Waals surface area contributed by atoms with Gasteiger partial charge in [0.15, 0.2) is 0 Å². The fourth-order valence-corrected chi connectivity index (χ4v) is 4.46. The minimum absolute atomic E-state index is 0.0828. The molecule has 0 amide bonds. The summed E-state index contributed by atoms with van der Waals surface area (Å²) in [6, 6.07) is 6.89. The van der Waals surface area contributed by atoms with Crippen molar-refractivity contribution in [2.45, 2.75) is 4.90 Å². The first-order valence-corrected chi connectivity index (χ1v) is 8.42. The molecule has 0 unspecified atom stereocenters. The van der Waals surface area contributed by atoms with Gasteiger partial charge in [0.05, 0.1) is 15.7 Å². The van der Waals surface area contributed by atoms with Crippen LogP contribution in [0.15, 0.2) is 35.2 Å². The van der Waals surface area contributed by atoms with Crippen molar-refractivity contribution < 1.29 is 8.42 Å². The minimum atomic E-state index is -4.01. The molecule has 2 aromatic rings. The Morgan fingerprint density at radius 1 is 0.857 bits per heavy atom. The van der Waals surface area contributed by atoms with E-state index >= 15 is 0 Å². The summed E-state index contributed by atoms with van der Waals surface area (Å²) < 4.78 is 27.1. The van der Waals surface area contributed by atoms with Gasteiger partial charge < -0.3 is 5.73 Å². The zero-order chi connectivity index (χ0) is 15.8. The van der Waals surface area contributed by atoms with E-state index in [4.69, 9.17) is 52.1 Å². The van der Waals surface area contributed by atoms with E-state index in [2.05, 4.69) is 4.72 Å². The van der Waals surface area contributed by atoms with Gasteiger partial charge in [-0.05, 0) is 30.3 Å². The molecule has 2 aromatic carbocycles. The quantitative estimate of drug-likeness (QED) is 0.753. The van der Waals surface area contributed by atoms with Crippen LogP contribution in [0.25, 0.3) is 0 Å². The van der Waals surface area contributed by atoms with E-state index in [0.717, 1.165) is 0 Å². The number of nitrogen functional groups attached to an aromatic ring is 1. The lowest BCUT2D eigenvalue weighted by Crippen LogP contribution is -2.14. The molecule has 21 heavy (non-hydrogen) atoms. The van der Waals surface area contributed by atoms with Crippen molar-refractivity contribution in [1.29, 1.82) is 0 Å². The summed E-state index contributed by atoms with van der Waals surface area (Å²) in [5.74, 6) is 0. The van der Waals surface area contributed by atoms with Crippen LogP contribution in [0.4, 0.5) is 11.4 Å². The average molecular weight is 386 g/mol. The van der Waals surface area contributed by atoms with Crippen LogP contribution in [-0.2, 0) is 10.0 Å². The third-order valence-electron chi connectivity index (χ3n) is 2.40. The fourth-order valence-electron chi connectivity index (χ4n) is 1.66. The van der Waals surface area contributed by atoms with Crippen LogP contribution in [0.5, 0.6) is 0 Å². The van der Waals surface area contributed by atoms with Gasteiger partial charge in [0.25, 0.3) is 10.0 Å². The number of hydrogen-bond acceptors (Lipinski definition) is 3. The molecule has 2 rings (SSSR count). The van der Waals surface area contributed by atoms with Crippen molar-refractivity contribution in [3.63, 3.8) is 0 Å². The van der Waals surface area contributed by atoms with Gasteiger partial charge in [-0.1, -0.05) is 46.4 Å². The van der Waals surface area contributed by atoms with Gasteiger partial charge in [-0.2, -0.15) is 0 Å². The predicted octanol–water partition coefficient (Wildman–Crippen LogP) is 4.68. The molecule has 4 nitrogen and oxygen atoms in total. The van der Waals surface area contributed by atoms with Gasteiger partial charge in [-0.3, -0.25) is 4.72 Å². The summed E-state index contributed by atoms with van der Waals surface area (Å²) in [7, 11) is -4.01. The minimum Gasteiger partial charge on any atom is -0.399 e. The Labute approximate surface area is 141 Å². The second kappa shape index (κ2) is 6.10. The Balaban J connectivity index is 2.48. The van der Waals surface area contributed by atoms with Gasteiger partial charge in [-0.25, -0.2) is 8.42 Å². The number of benzene rings is 2. The molecule has 0 bridgehead atoms. The number of nitrogens with one attached hydrogen (secondary N) is 1. The maximum atomic E-state index is 12.4. The number of hydrogen-bond donors (Lipinski definition) is 2. The summed E-state index contributed by atoms with van der Waals surface area (Å²) in [6.07, 6.45) is 0. The van der Waals surface area contributed by atoms with Gasteiger partial charge >= 0.3 is 0 Å². The van der Waals surface area contributed by atoms with Crippen LogP contribution in [0.2, 0.25) is 20.1 Å². The molecule has 0 atom stereocenters. The molecule has 0 aliphatic heterocycles. The van der Waals surface area contributed by atoms with Crippen molar-refractivity contribution in [3.05, 3.63) is 50.4 Å². The van der Waals surface area contributed by atoms with E-state index in [1.807, 2.05) is 0 Å². The van der Waals surface area contributed by atoms with E-state index in [-0.39, 0.29) is 36.4 Å². The topological polar surface area (TPSA) is 72.2 Å². The van der Waals surface area contributed by atoms with E-state index in [0.29, 0.717) is 0 Å². The number of nitrogens with two attached hydrogens (primary N) is 1. The highest BCUT2D eigenvalue weighted by Crippen LogP contribution is 2.33.